The van der Waals surface area contributed by atoms with Crippen LogP contribution in [0.15, 0.2) is 29.3 Å². The minimum absolute atomic E-state index is 0.0332. The molecule has 1 heterocycles. The van der Waals surface area contributed by atoms with Gasteiger partial charge in [0.1, 0.15) is 11.1 Å². The minimum atomic E-state index is -0.302. The van der Waals surface area contributed by atoms with Gasteiger partial charge in [0.25, 0.3) is 0 Å². The predicted molar refractivity (Wildman–Crippen MR) is 140 cm³/mol. The molecule has 0 fully saturated rings. The lowest BCUT2D eigenvalue weighted by atomic mass is 9.71. The van der Waals surface area contributed by atoms with Gasteiger partial charge in [-0.2, -0.15) is 5.26 Å². The Morgan fingerprint density at radius 3 is 2.63 bits per heavy atom. The standard InChI is InChI=1S/C28H37N3O3S/c1-7-25(26(32)30-13-12-18-8-11-23(33-5)24(14-18)34-6)35-27-20(17-29)15-19-16-21(28(2,3)4)9-10-22(19)31-27/h8,11,14-15,21,25H,7,9-10,12-13,16H2,1-6H3,(H,30,32). The molecule has 35 heavy (non-hydrogen) atoms. The van der Waals surface area contributed by atoms with Crippen LogP contribution in [0.4, 0.5) is 0 Å². The molecule has 7 heteroatoms. The van der Waals surface area contributed by atoms with Crippen molar-refractivity contribution in [3.8, 4) is 17.6 Å². The fourth-order valence-corrected chi connectivity index (χ4v) is 5.51. The van der Waals surface area contributed by atoms with Crippen LogP contribution in [0.3, 0.4) is 0 Å². The number of thioether (sulfide) groups is 1. The number of ether oxygens (including phenoxy) is 2. The lowest BCUT2D eigenvalue weighted by Gasteiger charge is -2.34. The summed E-state index contributed by atoms with van der Waals surface area (Å²) in [6.45, 7) is 9.34. The van der Waals surface area contributed by atoms with Crippen molar-refractivity contribution >= 4 is 17.7 Å². The van der Waals surface area contributed by atoms with Crippen LogP contribution < -0.4 is 14.8 Å². The van der Waals surface area contributed by atoms with Crippen LogP contribution in [0.5, 0.6) is 11.5 Å². The molecule has 0 radical (unpaired) electrons. The van der Waals surface area contributed by atoms with Crippen LogP contribution >= 0.6 is 11.8 Å². The second-order valence-corrected chi connectivity index (χ2v) is 11.3. The molecule has 0 saturated carbocycles. The molecule has 1 amide bonds. The first-order chi connectivity index (χ1) is 16.7. The van der Waals surface area contributed by atoms with Crippen LogP contribution in [0.1, 0.15) is 62.9 Å². The number of pyridine rings is 1. The van der Waals surface area contributed by atoms with Crippen LogP contribution in [-0.2, 0) is 24.1 Å². The zero-order valence-corrected chi connectivity index (χ0v) is 22.6. The van der Waals surface area contributed by atoms with Crippen LogP contribution in [0.25, 0.3) is 0 Å². The highest BCUT2D eigenvalue weighted by Crippen LogP contribution is 2.38. The summed E-state index contributed by atoms with van der Waals surface area (Å²) in [4.78, 5) is 17.8. The van der Waals surface area contributed by atoms with Gasteiger partial charge in [-0.25, -0.2) is 4.98 Å². The summed E-state index contributed by atoms with van der Waals surface area (Å²) >= 11 is 1.40. The van der Waals surface area contributed by atoms with Gasteiger partial charge in [0.15, 0.2) is 11.5 Å². The third-order valence-electron chi connectivity index (χ3n) is 6.78. The van der Waals surface area contributed by atoms with Crippen molar-refractivity contribution in [3.05, 3.63) is 46.6 Å². The van der Waals surface area contributed by atoms with Crippen molar-refractivity contribution < 1.29 is 14.3 Å². The molecule has 188 valence electrons. The number of benzene rings is 1. The quantitative estimate of drug-likeness (QED) is 0.472. The van der Waals surface area contributed by atoms with Gasteiger partial charge in [-0.15, -0.1) is 0 Å². The fourth-order valence-electron chi connectivity index (χ4n) is 4.49. The van der Waals surface area contributed by atoms with Crippen LogP contribution in [-0.4, -0.2) is 36.9 Å². The monoisotopic (exact) mass is 495 g/mol. The summed E-state index contributed by atoms with van der Waals surface area (Å²) in [6.07, 6.45) is 4.32. The Hall–Kier alpha value is -2.72. The first-order valence-electron chi connectivity index (χ1n) is 12.3. The lowest BCUT2D eigenvalue weighted by molar-refractivity contribution is -0.120. The molecule has 2 atom stereocenters. The van der Waals surface area contributed by atoms with Gasteiger partial charge in [0, 0.05) is 12.2 Å². The molecule has 0 saturated heterocycles. The highest BCUT2D eigenvalue weighted by atomic mass is 32.2. The molecular formula is C28H37N3O3S. The average Bonchev–Trinajstić information content (AvgIpc) is 2.85. The zero-order valence-electron chi connectivity index (χ0n) is 21.7. The molecule has 0 spiro atoms. The molecule has 3 rings (SSSR count). The number of hydrogen-bond donors (Lipinski definition) is 1. The van der Waals surface area contributed by atoms with Gasteiger partial charge in [0.05, 0.1) is 25.0 Å². The Morgan fingerprint density at radius 1 is 1.26 bits per heavy atom. The maximum absolute atomic E-state index is 12.9. The number of carbonyl (C=O) groups excluding carboxylic acids is 1. The molecule has 0 aliphatic heterocycles. The molecule has 1 N–H and O–H groups in total. The van der Waals surface area contributed by atoms with Gasteiger partial charge >= 0.3 is 0 Å². The summed E-state index contributed by atoms with van der Waals surface area (Å²) in [6, 6.07) is 10.1. The summed E-state index contributed by atoms with van der Waals surface area (Å²) in [5.41, 5.74) is 4.13. The average molecular weight is 496 g/mol. The molecule has 1 aromatic carbocycles. The topological polar surface area (TPSA) is 84.2 Å². The van der Waals surface area contributed by atoms with Crippen molar-refractivity contribution in [1.29, 1.82) is 5.26 Å². The number of carbonyl (C=O) groups is 1. The molecule has 2 aromatic rings. The Labute approximate surface area is 213 Å². The van der Waals surface area contributed by atoms with E-state index in [1.54, 1.807) is 14.2 Å². The summed E-state index contributed by atoms with van der Waals surface area (Å²) in [5.74, 6) is 1.91. The summed E-state index contributed by atoms with van der Waals surface area (Å²) in [7, 11) is 3.22. The number of fused-ring (bicyclic) bond motifs is 1. The molecule has 6 nitrogen and oxygen atoms in total. The first kappa shape index (κ1) is 26.9. The maximum atomic E-state index is 12.9. The smallest absolute Gasteiger partial charge is 0.233 e. The van der Waals surface area contributed by atoms with Gasteiger partial charge in [-0.3, -0.25) is 4.79 Å². The molecular weight excluding hydrogens is 458 g/mol. The second-order valence-electron chi connectivity index (χ2n) is 10.1. The van der Waals surface area contributed by atoms with E-state index in [0.29, 0.717) is 47.4 Å². The largest absolute Gasteiger partial charge is 0.493 e. The Morgan fingerprint density at radius 2 is 2.00 bits per heavy atom. The zero-order chi connectivity index (χ0) is 25.6. The molecule has 0 bridgehead atoms. The van der Waals surface area contributed by atoms with E-state index in [1.165, 1.54) is 17.3 Å². The first-order valence-corrected chi connectivity index (χ1v) is 13.2. The van der Waals surface area contributed by atoms with Gasteiger partial charge in [0.2, 0.25) is 5.91 Å². The van der Waals surface area contributed by atoms with Crippen molar-refractivity contribution in [1.82, 2.24) is 10.3 Å². The van der Waals surface area contributed by atoms with Gasteiger partial charge in [-0.05, 0) is 72.8 Å². The third-order valence-corrected chi connectivity index (χ3v) is 8.14. The van der Waals surface area contributed by atoms with E-state index in [1.807, 2.05) is 31.2 Å². The minimum Gasteiger partial charge on any atom is -0.493 e. The second kappa shape index (κ2) is 11.8. The van der Waals surface area contributed by atoms with E-state index in [-0.39, 0.29) is 16.6 Å². The molecule has 1 aliphatic carbocycles. The van der Waals surface area contributed by atoms with E-state index < -0.39 is 0 Å². The number of aromatic nitrogens is 1. The van der Waals surface area contributed by atoms with Crippen LogP contribution in [0.2, 0.25) is 0 Å². The molecule has 1 aliphatic rings. The number of aryl methyl sites for hydroxylation is 1. The number of hydrogen-bond acceptors (Lipinski definition) is 6. The number of amides is 1. The van der Waals surface area contributed by atoms with E-state index in [4.69, 9.17) is 14.5 Å². The molecule has 2 unspecified atom stereocenters. The lowest BCUT2D eigenvalue weighted by Crippen LogP contribution is -2.34. The highest BCUT2D eigenvalue weighted by molar-refractivity contribution is 8.00. The predicted octanol–water partition coefficient (Wildman–Crippen LogP) is 5.35. The number of nitriles is 1. The maximum Gasteiger partial charge on any atom is 0.233 e. The van der Waals surface area contributed by atoms with Crippen LogP contribution in [0, 0.1) is 22.7 Å². The number of nitrogens with one attached hydrogen (secondary N) is 1. The third kappa shape index (κ3) is 6.70. The summed E-state index contributed by atoms with van der Waals surface area (Å²) in [5, 5.41) is 13.2. The number of rotatable bonds is 9. The fraction of sp³-hybridized carbons (Fsp3) is 0.536. The van der Waals surface area contributed by atoms with Crippen molar-refractivity contribution in [2.45, 2.75) is 70.1 Å². The van der Waals surface area contributed by atoms with Crippen molar-refractivity contribution in [3.63, 3.8) is 0 Å². The Kier molecular flexibility index (Phi) is 9.07. The number of methoxy groups -OCH3 is 2. The van der Waals surface area contributed by atoms with E-state index in [0.717, 1.165) is 30.5 Å². The van der Waals surface area contributed by atoms with Crippen molar-refractivity contribution in [2.24, 2.45) is 11.3 Å². The summed E-state index contributed by atoms with van der Waals surface area (Å²) < 4.78 is 10.6. The SMILES string of the molecule is CCC(Sc1nc2c(cc1C#N)CC(C(C)(C)C)CC2)C(=O)NCCc1ccc(OC)c(OC)c1. The van der Waals surface area contributed by atoms with E-state index in [9.17, 15) is 10.1 Å². The van der Waals surface area contributed by atoms with E-state index in [2.05, 4.69) is 32.2 Å². The molecule has 1 aromatic heterocycles. The number of nitrogens with zero attached hydrogens (tertiary/aromatic N) is 2. The van der Waals surface area contributed by atoms with Crippen molar-refractivity contribution in [2.75, 3.05) is 20.8 Å². The van der Waals surface area contributed by atoms with E-state index >= 15 is 0 Å². The van der Waals surface area contributed by atoms with Gasteiger partial charge in [-0.1, -0.05) is 45.5 Å². The Bertz CT molecular complexity index is 1090. The van der Waals surface area contributed by atoms with Gasteiger partial charge < -0.3 is 14.8 Å². The highest BCUT2D eigenvalue weighted by Gasteiger charge is 2.30. The normalized spacial score (nSPS) is 16.1. The Balaban J connectivity index is 1.64.